The molecule has 0 bridgehead atoms. The Hall–Kier alpha value is -6.12. The first-order valence-corrected chi connectivity index (χ1v) is 22.3. The van der Waals surface area contributed by atoms with E-state index in [0.29, 0.717) is 37.6 Å². The van der Waals surface area contributed by atoms with Gasteiger partial charge in [0, 0.05) is 89.7 Å². The number of amidine groups is 2. The maximum absolute atomic E-state index is 13.4. The van der Waals surface area contributed by atoms with Gasteiger partial charge in [0.1, 0.15) is 23.3 Å². The fourth-order valence-corrected chi connectivity index (χ4v) is 8.44. The first kappa shape index (κ1) is 42.6. The Morgan fingerprint density at radius 2 is 0.935 bits per heavy atom. The number of hydrogen-bond acceptors (Lipinski definition) is 14. The number of rotatable bonds is 14. The van der Waals surface area contributed by atoms with Gasteiger partial charge in [-0.05, 0) is 99.1 Å². The highest BCUT2D eigenvalue weighted by molar-refractivity contribution is 5.94. The Morgan fingerprint density at radius 3 is 1.35 bits per heavy atom. The van der Waals surface area contributed by atoms with Crippen LogP contribution < -0.4 is 9.80 Å². The van der Waals surface area contributed by atoms with Crippen molar-refractivity contribution in [2.24, 2.45) is 9.98 Å². The molecule has 0 atom stereocenters. The third kappa shape index (κ3) is 11.8. The van der Waals surface area contributed by atoms with E-state index in [4.69, 9.17) is 19.7 Å². The monoisotopic (exact) mass is 838 g/mol. The Labute approximate surface area is 365 Å². The van der Waals surface area contributed by atoms with Crippen molar-refractivity contribution in [1.29, 1.82) is 0 Å². The highest BCUT2D eigenvalue weighted by atomic mass is 16.7. The van der Waals surface area contributed by atoms with Gasteiger partial charge in [-0.3, -0.25) is 9.80 Å². The summed E-state index contributed by atoms with van der Waals surface area (Å²) in [5.41, 5.74) is 4.11. The van der Waals surface area contributed by atoms with Crippen molar-refractivity contribution in [1.82, 2.24) is 29.9 Å². The number of aromatic nitrogens is 2. The number of anilines is 2. The lowest BCUT2D eigenvalue weighted by atomic mass is 10.0. The minimum absolute atomic E-state index is 0.494. The average Bonchev–Trinajstić information content (AvgIpc) is 3.33. The summed E-state index contributed by atoms with van der Waals surface area (Å²) in [6.07, 6.45) is 12.4. The van der Waals surface area contributed by atoms with Crippen molar-refractivity contribution in [3.63, 3.8) is 0 Å². The Morgan fingerprint density at radius 1 is 0.516 bits per heavy atom. The predicted molar refractivity (Wildman–Crippen MR) is 243 cm³/mol. The van der Waals surface area contributed by atoms with Crippen LogP contribution in [0.1, 0.15) is 49.7 Å². The molecule has 0 spiro atoms. The summed E-state index contributed by atoms with van der Waals surface area (Å²) in [5, 5.41) is 3.23. The van der Waals surface area contributed by atoms with Crippen molar-refractivity contribution < 1.29 is 19.3 Å². The van der Waals surface area contributed by atoms with Gasteiger partial charge in [0.2, 0.25) is 0 Å². The topological polar surface area (TPSA) is 123 Å². The van der Waals surface area contributed by atoms with E-state index < -0.39 is 11.9 Å². The van der Waals surface area contributed by atoms with Crippen LogP contribution in [0, 0.1) is 0 Å². The summed E-state index contributed by atoms with van der Waals surface area (Å²) in [5.74, 6) is 2.14. The van der Waals surface area contributed by atoms with Crippen LogP contribution in [0.5, 0.6) is 0 Å². The zero-order valence-electron chi connectivity index (χ0n) is 35.6. The fourth-order valence-electron chi connectivity index (χ4n) is 8.44. The number of pyridine rings is 2. The van der Waals surface area contributed by atoms with E-state index in [9.17, 15) is 9.59 Å². The second-order valence-electron chi connectivity index (χ2n) is 16.1. The summed E-state index contributed by atoms with van der Waals surface area (Å²) >= 11 is 0. The number of aryl methyl sites for hydroxylation is 2. The van der Waals surface area contributed by atoms with Crippen molar-refractivity contribution in [2.45, 2.75) is 51.4 Å². The van der Waals surface area contributed by atoms with Crippen molar-refractivity contribution >= 4 is 46.6 Å². The van der Waals surface area contributed by atoms with Crippen LogP contribution in [0.3, 0.4) is 0 Å². The first-order valence-electron chi connectivity index (χ1n) is 22.3. The molecule has 14 heteroatoms. The van der Waals surface area contributed by atoms with Gasteiger partial charge in [0.15, 0.2) is 0 Å². The van der Waals surface area contributed by atoms with Gasteiger partial charge in [0.25, 0.3) is 0 Å². The second-order valence-corrected chi connectivity index (χ2v) is 16.1. The summed E-state index contributed by atoms with van der Waals surface area (Å²) in [4.78, 5) is 67.0. The minimum atomic E-state index is -0.659. The van der Waals surface area contributed by atoms with Gasteiger partial charge in [-0.15, -0.1) is 0 Å². The van der Waals surface area contributed by atoms with Gasteiger partial charge < -0.3 is 19.5 Å². The molecule has 62 heavy (non-hydrogen) atoms. The van der Waals surface area contributed by atoms with Crippen LogP contribution in [-0.4, -0.2) is 132 Å². The third-order valence-electron chi connectivity index (χ3n) is 11.9. The molecule has 0 amide bonds. The van der Waals surface area contributed by atoms with E-state index in [0.717, 1.165) is 139 Å². The molecule has 2 saturated heterocycles. The molecule has 0 radical (unpaired) electrons. The predicted octanol–water partition coefficient (Wildman–Crippen LogP) is 6.41. The smallest absolute Gasteiger partial charge is 0.354 e. The molecule has 0 saturated carbocycles. The minimum Gasteiger partial charge on any atom is -0.354 e. The standard InChI is InChI=1S/C48H58N10O4/c59-47(61-57(45-21-19-39-13-1-3-15-41(39)51-45)29-11-9-27-53-31-35-55(36-32-53)43-17-5-7-25-49-43)23-24-48(60)62-58(46-22-20-40-14-2-4-16-42(40)52-46)30-12-10-28-54-33-37-56(38-34-54)44-18-6-8-26-50-44/h1-8,13-18,23-26H,9-12,19-22,27-38H2/b24-23+. The number of piperazine rings is 2. The van der Waals surface area contributed by atoms with Gasteiger partial charge >= 0.3 is 11.9 Å². The number of unbranched alkanes of at least 4 members (excludes halogenated alkanes) is 2. The molecular weight excluding hydrogens is 781 g/mol. The van der Waals surface area contributed by atoms with Crippen molar-refractivity contribution in [3.05, 3.63) is 121 Å². The Balaban J connectivity index is 0.846. The molecule has 0 N–H and O–H groups in total. The zero-order valence-corrected chi connectivity index (χ0v) is 35.6. The molecule has 324 valence electrons. The lowest BCUT2D eigenvalue weighted by Crippen LogP contribution is -2.47. The number of hydrogen-bond donors (Lipinski definition) is 0. The maximum atomic E-state index is 13.4. The normalized spacial score (nSPS) is 16.8. The number of carbonyl (C=O) groups is 2. The molecule has 0 aliphatic carbocycles. The SMILES string of the molecule is O=C(/C=C/C(=O)ON(CCCCN1CCN(c2ccccn2)CC1)C1=Nc2ccccc2CC1)ON(CCCCN1CCN(c2ccccn2)CC1)C1=Nc2ccccc2CC1. The van der Waals surface area contributed by atoms with Crippen LogP contribution in [0.2, 0.25) is 0 Å². The van der Waals surface area contributed by atoms with Crippen LogP contribution in [-0.2, 0) is 32.1 Å². The average molecular weight is 839 g/mol. The van der Waals surface area contributed by atoms with Gasteiger partial charge in [-0.1, -0.05) is 48.5 Å². The number of nitrogens with zero attached hydrogens (tertiary/aromatic N) is 10. The summed E-state index contributed by atoms with van der Waals surface area (Å²) in [7, 11) is 0. The molecule has 6 heterocycles. The molecular formula is C48H58N10O4. The lowest BCUT2D eigenvalue weighted by Gasteiger charge is -2.35. The Bertz CT molecular complexity index is 2020. The van der Waals surface area contributed by atoms with E-state index in [-0.39, 0.29) is 0 Å². The first-order chi connectivity index (χ1) is 30.5. The Kier molecular flexibility index (Phi) is 14.8. The molecule has 2 fully saturated rings. The fraction of sp³-hybridized carbons (Fsp3) is 0.417. The van der Waals surface area contributed by atoms with E-state index >= 15 is 0 Å². The summed E-state index contributed by atoms with van der Waals surface area (Å²) in [6, 6.07) is 28.2. The highest BCUT2D eigenvalue weighted by Gasteiger charge is 2.24. The molecule has 8 rings (SSSR count). The number of aliphatic imine (C=N–C) groups is 2. The molecule has 4 aliphatic heterocycles. The van der Waals surface area contributed by atoms with E-state index in [1.54, 1.807) is 10.1 Å². The molecule has 2 aromatic heterocycles. The van der Waals surface area contributed by atoms with E-state index in [1.165, 1.54) is 11.1 Å². The van der Waals surface area contributed by atoms with Crippen LogP contribution in [0.15, 0.2) is 119 Å². The molecule has 4 aliphatic rings. The van der Waals surface area contributed by atoms with Crippen LogP contribution in [0.4, 0.5) is 23.0 Å². The number of hydroxylamine groups is 4. The van der Waals surface area contributed by atoms with E-state index in [1.807, 2.05) is 73.1 Å². The molecule has 14 nitrogen and oxygen atoms in total. The number of benzene rings is 2. The number of para-hydroxylation sites is 2. The summed E-state index contributed by atoms with van der Waals surface area (Å²) < 4.78 is 0. The molecule has 4 aromatic rings. The van der Waals surface area contributed by atoms with Gasteiger partial charge in [-0.2, -0.15) is 10.1 Å². The zero-order chi connectivity index (χ0) is 42.4. The van der Waals surface area contributed by atoms with Crippen LogP contribution >= 0.6 is 0 Å². The highest BCUT2D eigenvalue weighted by Crippen LogP contribution is 2.28. The van der Waals surface area contributed by atoms with E-state index in [2.05, 4.69) is 53.8 Å². The largest absolute Gasteiger partial charge is 0.356 e. The molecule has 0 unspecified atom stereocenters. The quantitative estimate of drug-likeness (QED) is 0.0793. The van der Waals surface area contributed by atoms with Gasteiger partial charge in [-0.25, -0.2) is 29.5 Å². The number of carbonyl (C=O) groups excluding carboxylic acids is 2. The third-order valence-corrected chi connectivity index (χ3v) is 11.9. The number of fused-ring (bicyclic) bond motifs is 2. The van der Waals surface area contributed by atoms with Crippen molar-refractivity contribution in [2.75, 3.05) is 88.3 Å². The second kappa shape index (κ2) is 21.6. The molecule has 2 aromatic carbocycles. The summed E-state index contributed by atoms with van der Waals surface area (Å²) in [6.45, 7) is 10.6. The maximum Gasteiger partial charge on any atom is 0.356 e. The van der Waals surface area contributed by atoms with Gasteiger partial charge in [0.05, 0.1) is 24.5 Å². The van der Waals surface area contributed by atoms with Crippen LogP contribution in [0.25, 0.3) is 0 Å². The van der Waals surface area contributed by atoms with Crippen molar-refractivity contribution in [3.8, 4) is 0 Å². The lowest BCUT2D eigenvalue weighted by molar-refractivity contribution is -0.169.